The Morgan fingerprint density at radius 2 is 1.68 bits per heavy atom. The van der Waals surface area contributed by atoms with E-state index in [2.05, 4.69) is 44.0 Å². The molecule has 0 aliphatic carbocycles. The van der Waals surface area contributed by atoms with Crippen molar-refractivity contribution in [2.24, 2.45) is 0 Å². The third kappa shape index (κ3) is 3.97. The van der Waals surface area contributed by atoms with Crippen LogP contribution in [0.4, 0.5) is 16.0 Å². The number of rotatable bonds is 6. The van der Waals surface area contributed by atoms with E-state index >= 15 is 0 Å². The third-order valence-electron chi connectivity index (χ3n) is 5.10. The first-order chi connectivity index (χ1) is 13.7. The van der Waals surface area contributed by atoms with Crippen molar-refractivity contribution in [1.82, 2.24) is 15.1 Å². The van der Waals surface area contributed by atoms with Crippen molar-refractivity contribution in [2.75, 3.05) is 42.9 Å². The van der Waals surface area contributed by atoms with Gasteiger partial charge in [0.15, 0.2) is 11.6 Å². The second-order valence-electron chi connectivity index (χ2n) is 6.97. The minimum absolute atomic E-state index is 0.230. The van der Waals surface area contributed by atoms with Gasteiger partial charge >= 0.3 is 0 Å². The Kier molecular flexibility index (Phi) is 5.48. The summed E-state index contributed by atoms with van der Waals surface area (Å²) in [5.74, 6) is 1.45. The van der Waals surface area contributed by atoms with Gasteiger partial charge in [-0.05, 0) is 17.7 Å². The molecule has 1 aliphatic heterocycles. The zero-order valence-corrected chi connectivity index (χ0v) is 15.8. The fourth-order valence-electron chi connectivity index (χ4n) is 3.57. The first kappa shape index (κ1) is 18.4. The summed E-state index contributed by atoms with van der Waals surface area (Å²) in [6.07, 6.45) is 1.95. The molecule has 6 heteroatoms. The average molecular weight is 377 g/mol. The predicted molar refractivity (Wildman–Crippen MR) is 112 cm³/mol. The highest BCUT2D eigenvalue weighted by Crippen LogP contribution is 2.29. The zero-order valence-electron chi connectivity index (χ0n) is 15.8. The molecule has 4 rings (SSSR count). The Balaban J connectivity index is 1.55. The third-order valence-corrected chi connectivity index (χ3v) is 5.10. The number of benzene rings is 2. The smallest absolute Gasteiger partial charge is 0.159 e. The molecule has 1 aliphatic rings. The van der Waals surface area contributed by atoms with Crippen molar-refractivity contribution in [3.05, 3.63) is 72.6 Å². The van der Waals surface area contributed by atoms with E-state index in [-0.39, 0.29) is 5.82 Å². The first-order valence-corrected chi connectivity index (χ1v) is 9.56. The molecule has 0 atom stereocenters. The highest BCUT2D eigenvalue weighted by molar-refractivity contribution is 5.98. The van der Waals surface area contributed by atoms with Crippen molar-refractivity contribution in [3.63, 3.8) is 0 Å². The number of fused-ring (bicyclic) bond motifs is 1. The normalized spacial score (nSPS) is 15.0. The number of hydrogen-bond donors (Lipinski definition) is 1. The highest BCUT2D eigenvalue weighted by atomic mass is 19.1. The van der Waals surface area contributed by atoms with Crippen LogP contribution in [-0.2, 0) is 6.54 Å². The Morgan fingerprint density at radius 3 is 2.39 bits per heavy atom. The van der Waals surface area contributed by atoms with Crippen LogP contribution >= 0.6 is 0 Å². The molecule has 28 heavy (non-hydrogen) atoms. The molecule has 0 bridgehead atoms. The van der Waals surface area contributed by atoms with E-state index in [1.807, 2.05) is 18.2 Å². The molecule has 1 saturated heterocycles. The topological polar surface area (TPSA) is 44.3 Å². The summed E-state index contributed by atoms with van der Waals surface area (Å²) in [6.45, 7) is 9.15. The lowest BCUT2D eigenvalue weighted by Gasteiger charge is -2.35. The maximum atomic E-state index is 13.1. The number of halogens is 1. The minimum Gasteiger partial charge on any atom is -0.364 e. The average Bonchev–Trinajstić information content (AvgIpc) is 2.74. The van der Waals surface area contributed by atoms with Gasteiger partial charge in [0.2, 0.25) is 0 Å². The van der Waals surface area contributed by atoms with Crippen LogP contribution in [0.3, 0.4) is 0 Å². The lowest BCUT2D eigenvalue weighted by Crippen LogP contribution is -2.46. The largest absolute Gasteiger partial charge is 0.364 e. The van der Waals surface area contributed by atoms with Gasteiger partial charge in [0, 0.05) is 50.0 Å². The standard InChI is InChI=1S/C22H24FN5/c1-2-11-27-12-14-28(15-13-27)22-20-6-4-3-5-19(20)21(25-26-22)24-16-17-7-9-18(23)10-8-17/h2-10H,1,11-16H2,(H,24,25). The van der Waals surface area contributed by atoms with Gasteiger partial charge < -0.3 is 10.2 Å². The molecule has 2 heterocycles. The lowest BCUT2D eigenvalue weighted by molar-refractivity contribution is 0.283. The fourth-order valence-corrected chi connectivity index (χ4v) is 3.57. The Bertz CT molecular complexity index is 949. The minimum atomic E-state index is -0.230. The van der Waals surface area contributed by atoms with E-state index < -0.39 is 0 Å². The van der Waals surface area contributed by atoms with Gasteiger partial charge in [0.05, 0.1) is 0 Å². The molecule has 5 nitrogen and oxygen atoms in total. The molecule has 1 aromatic heterocycles. The summed E-state index contributed by atoms with van der Waals surface area (Å²) >= 11 is 0. The molecule has 0 amide bonds. The van der Waals surface area contributed by atoms with E-state index in [1.165, 1.54) is 12.1 Å². The Morgan fingerprint density at radius 1 is 0.964 bits per heavy atom. The Labute approximate surface area is 164 Å². The first-order valence-electron chi connectivity index (χ1n) is 9.56. The van der Waals surface area contributed by atoms with Crippen LogP contribution in [0.1, 0.15) is 5.56 Å². The maximum Gasteiger partial charge on any atom is 0.159 e. The van der Waals surface area contributed by atoms with E-state index in [0.717, 1.165) is 60.7 Å². The number of hydrogen-bond acceptors (Lipinski definition) is 5. The maximum absolute atomic E-state index is 13.1. The van der Waals surface area contributed by atoms with Gasteiger partial charge in [0.25, 0.3) is 0 Å². The van der Waals surface area contributed by atoms with Gasteiger partial charge in [-0.1, -0.05) is 42.5 Å². The van der Waals surface area contributed by atoms with Crippen molar-refractivity contribution < 1.29 is 4.39 Å². The molecule has 0 unspecified atom stereocenters. The molecular formula is C22H24FN5. The van der Waals surface area contributed by atoms with Gasteiger partial charge in [-0.25, -0.2) is 4.39 Å². The van der Waals surface area contributed by atoms with E-state index in [1.54, 1.807) is 12.1 Å². The molecule has 1 N–H and O–H groups in total. The van der Waals surface area contributed by atoms with Crippen LogP contribution in [0.25, 0.3) is 10.8 Å². The van der Waals surface area contributed by atoms with Crippen molar-refractivity contribution in [1.29, 1.82) is 0 Å². The predicted octanol–water partition coefficient (Wildman–Crippen LogP) is 3.69. The van der Waals surface area contributed by atoms with Gasteiger partial charge in [-0.15, -0.1) is 16.8 Å². The van der Waals surface area contributed by atoms with Crippen LogP contribution in [0.2, 0.25) is 0 Å². The molecule has 1 fully saturated rings. The van der Waals surface area contributed by atoms with E-state index in [9.17, 15) is 4.39 Å². The van der Waals surface area contributed by atoms with Gasteiger partial charge in [-0.3, -0.25) is 4.90 Å². The summed E-state index contributed by atoms with van der Waals surface area (Å²) in [5.41, 5.74) is 0.995. The van der Waals surface area contributed by atoms with E-state index in [4.69, 9.17) is 0 Å². The second-order valence-corrected chi connectivity index (χ2v) is 6.97. The quantitative estimate of drug-likeness (QED) is 0.664. The number of nitrogens with zero attached hydrogens (tertiary/aromatic N) is 4. The fraction of sp³-hybridized carbons (Fsp3) is 0.273. The molecule has 144 valence electrons. The lowest BCUT2D eigenvalue weighted by atomic mass is 10.1. The second kappa shape index (κ2) is 8.35. The summed E-state index contributed by atoms with van der Waals surface area (Å²) in [5, 5.41) is 14.5. The van der Waals surface area contributed by atoms with Gasteiger partial charge in [-0.2, -0.15) is 0 Å². The SMILES string of the molecule is C=CCN1CCN(c2nnc(NCc3ccc(F)cc3)c3ccccc23)CC1. The van der Waals surface area contributed by atoms with Crippen LogP contribution in [-0.4, -0.2) is 47.8 Å². The highest BCUT2D eigenvalue weighted by Gasteiger charge is 2.20. The zero-order chi connectivity index (χ0) is 19.3. The monoisotopic (exact) mass is 377 g/mol. The van der Waals surface area contributed by atoms with Crippen LogP contribution in [0.15, 0.2) is 61.2 Å². The van der Waals surface area contributed by atoms with Crippen molar-refractivity contribution >= 4 is 22.4 Å². The summed E-state index contributed by atoms with van der Waals surface area (Å²) < 4.78 is 13.1. The number of aromatic nitrogens is 2. The number of piperazine rings is 1. The number of anilines is 2. The summed E-state index contributed by atoms with van der Waals surface area (Å²) in [4.78, 5) is 4.69. The molecule has 2 aromatic carbocycles. The van der Waals surface area contributed by atoms with Crippen LogP contribution < -0.4 is 10.2 Å². The molecule has 0 radical (unpaired) electrons. The van der Waals surface area contributed by atoms with Crippen molar-refractivity contribution in [2.45, 2.75) is 6.54 Å². The molecule has 3 aromatic rings. The van der Waals surface area contributed by atoms with E-state index in [0.29, 0.717) is 6.54 Å². The van der Waals surface area contributed by atoms with Crippen molar-refractivity contribution in [3.8, 4) is 0 Å². The van der Waals surface area contributed by atoms with Crippen LogP contribution in [0, 0.1) is 5.82 Å². The number of nitrogens with one attached hydrogen (secondary N) is 1. The summed E-state index contributed by atoms with van der Waals surface area (Å²) in [6, 6.07) is 14.7. The molecule has 0 spiro atoms. The molecule has 0 saturated carbocycles. The summed E-state index contributed by atoms with van der Waals surface area (Å²) in [7, 11) is 0. The van der Waals surface area contributed by atoms with Crippen LogP contribution in [0.5, 0.6) is 0 Å². The molecular weight excluding hydrogens is 353 g/mol. The Hall–Kier alpha value is -2.99. The van der Waals surface area contributed by atoms with Gasteiger partial charge in [0.1, 0.15) is 5.82 Å².